The minimum Gasteiger partial charge on any atom is -0.382 e. The topological polar surface area (TPSA) is 86.3 Å². The highest BCUT2D eigenvalue weighted by Gasteiger charge is 2.38. The maximum Gasteiger partial charge on any atom is 0.268 e. The Morgan fingerprint density at radius 1 is 1.32 bits per heavy atom. The molecule has 0 saturated carbocycles. The highest BCUT2D eigenvalue weighted by atomic mass is 35.5. The maximum absolute atomic E-state index is 13.1. The van der Waals surface area contributed by atoms with Gasteiger partial charge in [-0.05, 0) is 37.7 Å². The monoisotopic (exact) mass is 421 g/mol. The normalized spacial score (nSPS) is 18.8. The molecular weight excluding hydrogens is 398 g/mol. The van der Waals surface area contributed by atoms with E-state index < -0.39 is 0 Å². The number of halogens is 1. The van der Waals surface area contributed by atoms with Crippen LogP contribution in [0, 0.1) is 12.3 Å². The summed E-state index contributed by atoms with van der Waals surface area (Å²) in [5, 5.41) is 0.359. The zero-order valence-corrected chi connectivity index (χ0v) is 17.6. The number of rotatable bonds is 3. The van der Waals surface area contributed by atoms with Crippen molar-refractivity contribution in [1.29, 1.82) is 0 Å². The summed E-state index contributed by atoms with van der Waals surface area (Å²) >= 11 is 7.53. The van der Waals surface area contributed by atoms with Crippen LogP contribution in [0.15, 0.2) is 26.8 Å². The van der Waals surface area contributed by atoms with E-state index in [0.717, 1.165) is 51.5 Å². The van der Waals surface area contributed by atoms with Crippen LogP contribution in [0.3, 0.4) is 0 Å². The summed E-state index contributed by atoms with van der Waals surface area (Å²) in [4.78, 5) is 25.3. The second-order valence-electron chi connectivity index (χ2n) is 7.59. The average molecular weight is 422 g/mol. The lowest BCUT2D eigenvalue weighted by atomic mass is 9.78. The van der Waals surface area contributed by atoms with Crippen LogP contribution in [0.25, 0.3) is 0 Å². The first-order chi connectivity index (χ1) is 13.4. The van der Waals surface area contributed by atoms with Crippen molar-refractivity contribution in [2.75, 3.05) is 36.9 Å². The Hall–Kier alpha value is -1.77. The molecule has 9 heteroatoms. The first kappa shape index (κ1) is 19.5. The Labute approximate surface area is 173 Å². The minimum absolute atomic E-state index is 0.0802. The summed E-state index contributed by atoms with van der Waals surface area (Å²) in [6, 6.07) is 1.75. The van der Waals surface area contributed by atoms with Crippen LogP contribution in [0.4, 0.5) is 11.8 Å². The molecule has 2 N–H and O–H groups in total. The van der Waals surface area contributed by atoms with Crippen LogP contribution < -0.4 is 16.2 Å². The van der Waals surface area contributed by atoms with Gasteiger partial charge in [-0.1, -0.05) is 23.4 Å². The zero-order valence-electron chi connectivity index (χ0n) is 16.1. The molecule has 2 aliphatic heterocycles. The van der Waals surface area contributed by atoms with Gasteiger partial charge in [-0.3, -0.25) is 9.36 Å². The number of nitrogen functional groups attached to an aromatic ring is 1. The molecule has 7 nitrogen and oxygen atoms in total. The van der Waals surface area contributed by atoms with Gasteiger partial charge in [0.2, 0.25) is 5.95 Å². The Morgan fingerprint density at radius 3 is 2.75 bits per heavy atom. The third kappa shape index (κ3) is 3.49. The molecule has 1 spiro atoms. The molecule has 4 rings (SSSR count). The smallest absolute Gasteiger partial charge is 0.268 e. The summed E-state index contributed by atoms with van der Waals surface area (Å²) in [5.41, 5.74) is 6.71. The third-order valence-electron chi connectivity index (χ3n) is 5.78. The van der Waals surface area contributed by atoms with E-state index in [4.69, 9.17) is 27.1 Å². The van der Waals surface area contributed by atoms with Crippen molar-refractivity contribution in [1.82, 2.24) is 14.5 Å². The number of anilines is 2. The zero-order chi connectivity index (χ0) is 19.9. The van der Waals surface area contributed by atoms with Gasteiger partial charge in [0.15, 0.2) is 0 Å². The fourth-order valence-electron chi connectivity index (χ4n) is 3.93. The summed E-state index contributed by atoms with van der Waals surface area (Å²) in [5.74, 6) is 0.977. The number of nitrogens with two attached hydrogens (primary N) is 1. The number of pyridine rings is 1. The first-order valence-electron chi connectivity index (χ1n) is 9.38. The molecule has 0 amide bonds. The molecule has 0 unspecified atom stereocenters. The number of ether oxygens (including phenoxy) is 1. The highest BCUT2D eigenvalue weighted by molar-refractivity contribution is 7.99. The average Bonchev–Trinajstić information content (AvgIpc) is 3.14. The molecule has 2 aromatic heterocycles. The van der Waals surface area contributed by atoms with Crippen LogP contribution in [0.1, 0.15) is 25.0 Å². The molecule has 0 radical (unpaired) electrons. The molecule has 2 aromatic rings. The van der Waals surface area contributed by atoms with Crippen molar-refractivity contribution in [2.24, 2.45) is 12.5 Å². The van der Waals surface area contributed by atoms with Crippen LogP contribution in [-0.4, -0.2) is 40.8 Å². The molecule has 2 saturated heterocycles. The van der Waals surface area contributed by atoms with E-state index in [2.05, 4.69) is 9.88 Å². The van der Waals surface area contributed by atoms with Gasteiger partial charge >= 0.3 is 0 Å². The van der Waals surface area contributed by atoms with Crippen LogP contribution >= 0.6 is 23.4 Å². The number of piperidine rings is 1. The molecular formula is C19H24ClN5O2S. The second-order valence-corrected chi connectivity index (χ2v) is 9.02. The molecule has 2 fully saturated rings. The highest BCUT2D eigenvalue weighted by Crippen LogP contribution is 2.40. The van der Waals surface area contributed by atoms with Crippen LogP contribution in [-0.2, 0) is 11.8 Å². The molecule has 4 heterocycles. The summed E-state index contributed by atoms with van der Waals surface area (Å²) in [6.07, 6.45) is 4.87. The summed E-state index contributed by atoms with van der Waals surface area (Å²) in [7, 11) is 1.78. The molecule has 150 valence electrons. The quantitative estimate of drug-likeness (QED) is 0.815. The van der Waals surface area contributed by atoms with E-state index in [9.17, 15) is 4.79 Å². The summed E-state index contributed by atoms with van der Waals surface area (Å²) < 4.78 is 7.25. The van der Waals surface area contributed by atoms with Crippen molar-refractivity contribution in [3.63, 3.8) is 0 Å². The number of aryl methyl sites for hydroxylation is 1. The van der Waals surface area contributed by atoms with Gasteiger partial charge in [0.1, 0.15) is 5.82 Å². The fraction of sp³-hybridized carbons (Fsp3) is 0.526. The van der Waals surface area contributed by atoms with E-state index in [0.29, 0.717) is 25.9 Å². The van der Waals surface area contributed by atoms with Gasteiger partial charge in [-0.2, -0.15) is 0 Å². The van der Waals surface area contributed by atoms with Crippen molar-refractivity contribution in [2.45, 2.75) is 36.0 Å². The lowest BCUT2D eigenvalue weighted by Crippen LogP contribution is -2.43. The number of nitrogens with zero attached hydrogens (tertiary/aromatic N) is 4. The Bertz CT molecular complexity index is 948. The van der Waals surface area contributed by atoms with Gasteiger partial charge < -0.3 is 15.4 Å². The Balaban J connectivity index is 1.60. The molecule has 0 bridgehead atoms. The summed E-state index contributed by atoms with van der Waals surface area (Å²) in [6.45, 7) is 5.37. The van der Waals surface area contributed by atoms with Gasteiger partial charge in [-0.25, -0.2) is 9.97 Å². The van der Waals surface area contributed by atoms with Crippen molar-refractivity contribution in [3.05, 3.63) is 33.3 Å². The molecule has 2 aliphatic rings. The van der Waals surface area contributed by atoms with E-state index in [1.807, 2.05) is 6.92 Å². The predicted octanol–water partition coefficient (Wildman–Crippen LogP) is 2.88. The number of hydrogen-bond donors (Lipinski definition) is 1. The second kappa shape index (κ2) is 7.57. The van der Waals surface area contributed by atoms with E-state index in [1.54, 1.807) is 23.9 Å². The molecule has 0 aromatic carbocycles. The molecule has 0 atom stereocenters. The van der Waals surface area contributed by atoms with Crippen molar-refractivity contribution in [3.8, 4) is 0 Å². The maximum atomic E-state index is 13.1. The Morgan fingerprint density at radius 2 is 2.07 bits per heavy atom. The van der Waals surface area contributed by atoms with Gasteiger partial charge in [0.05, 0.1) is 22.2 Å². The fourth-order valence-corrected chi connectivity index (χ4v) is 5.12. The van der Waals surface area contributed by atoms with Crippen molar-refractivity contribution >= 4 is 35.1 Å². The van der Waals surface area contributed by atoms with E-state index >= 15 is 0 Å². The SMILES string of the molecule is Cc1nc(N2CCC3(CCOC3)CC2)n(C)c(=O)c1Sc1ccnc(N)c1Cl. The lowest BCUT2D eigenvalue weighted by Gasteiger charge is -2.39. The standard InChI is InChI=1S/C19H24ClN5O2S/c1-12-15(28-13-3-7-22-16(21)14(13)20)17(26)24(2)18(23-12)25-8-4-19(5-9-25)6-10-27-11-19/h3,7H,4-6,8-11H2,1-2H3,(H2,21,22). The van der Waals surface area contributed by atoms with Gasteiger partial charge in [-0.15, -0.1) is 0 Å². The predicted molar refractivity (Wildman–Crippen MR) is 111 cm³/mol. The lowest BCUT2D eigenvalue weighted by molar-refractivity contribution is 0.133. The Kier molecular flexibility index (Phi) is 5.28. The molecule has 28 heavy (non-hydrogen) atoms. The number of hydrogen-bond acceptors (Lipinski definition) is 7. The van der Waals surface area contributed by atoms with Gasteiger partial charge in [0, 0.05) is 37.8 Å². The van der Waals surface area contributed by atoms with Crippen LogP contribution in [0.2, 0.25) is 5.02 Å². The first-order valence-corrected chi connectivity index (χ1v) is 10.6. The van der Waals surface area contributed by atoms with Gasteiger partial charge in [0.25, 0.3) is 5.56 Å². The minimum atomic E-state index is -0.0802. The molecule has 0 aliphatic carbocycles. The third-order valence-corrected chi connectivity index (χ3v) is 7.52. The van der Waals surface area contributed by atoms with Crippen LogP contribution in [0.5, 0.6) is 0 Å². The van der Waals surface area contributed by atoms with E-state index in [-0.39, 0.29) is 11.4 Å². The van der Waals surface area contributed by atoms with Crippen molar-refractivity contribution < 1.29 is 4.74 Å². The number of aromatic nitrogens is 3. The van der Waals surface area contributed by atoms with E-state index in [1.165, 1.54) is 11.8 Å². The largest absolute Gasteiger partial charge is 0.382 e.